The van der Waals surface area contributed by atoms with Gasteiger partial charge < -0.3 is 5.73 Å². The number of amides is 2. The third kappa shape index (κ3) is 3.22. The Hall–Kier alpha value is -2.55. The van der Waals surface area contributed by atoms with Gasteiger partial charge in [-0.3, -0.25) is 4.90 Å². The van der Waals surface area contributed by atoms with E-state index in [1.54, 1.807) is 0 Å². The van der Waals surface area contributed by atoms with Crippen LogP contribution in [0.15, 0.2) is 73.8 Å². The van der Waals surface area contributed by atoms with Crippen LogP contribution in [-0.2, 0) is 0 Å². The summed E-state index contributed by atoms with van der Waals surface area (Å²) in [6.45, 7) is 6.00. The highest BCUT2D eigenvalue weighted by Gasteiger charge is 2.13. The molecule has 0 spiro atoms. The average molecular weight is 240 g/mol. The van der Waals surface area contributed by atoms with Crippen LogP contribution >= 0.6 is 0 Å². The Balaban J connectivity index is 0.000000771. The van der Waals surface area contributed by atoms with Gasteiger partial charge in [-0.2, -0.15) is 0 Å². The topological polar surface area (TPSA) is 46.3 Å². The Kier molecular flexibility index (Phi) is 5.19. The zero-order chi connectivity index (χ0) is 13.4. The predicted molar refractivity (Wildman–Crippen MR) is 75.9 cm³/mol. The highest BCUT2D eigenvalue weighted by Crippen LogP contribution is 2.23. The van der Waals surface area contributed by atoms with Crippen molar-refractivity contribution in [3.63, 3.8) is 0 Å². The summed E-state index contributed by atoms with van der Waals surface area (Å²) in [6.07, 6.45) is 0. The zero-order valence-electron chi connectivity index (χ0n) is 10.1. The van der Waals surface area contributed by atoms with Gasteiger partial charge in [-0.25, -0.2) is 4.79 Å². The van der Waals surface area contributed by atoms with Gasteiger partial charge in [0.1, 0.15) is 0 Å². The molecule has 0 aromatic heterocycles. The van der Waals surface area contributed by atoms with Crippen molar-refractivity contribution in [2.75, 3.05) is 4.90 Å². The Labute approximate surface area is 107 Å². The summed E-state index contributed by atoms with van der Waals surface area (Å²) in [5.74, 6) is 0. The first-order valence-corrected chi connectivity index (χ1v) is 5.48. The standard InChI is InChI=1S/C13H12N2O.C2H4/c14-13(16)15(11-7-3-1-4-8-11)12-9-5-2-6-10-12;1-2/h1-10H,(H2,14,16);1-2H2. The lowest BCUT2D eigenvalue weighted by atomic mass is 10.2. The third-order valence-corrected chi connectivity index (χ3v) is 2.25. The molecule has 2 aromatic rings. The molecule has 0 saturated heterocycles. The van der Waals surface area contributed by atoms with Crippen molar-refractivity contribution in [2.24, 2.45) is 5.73 Å². The van der Waals surface area contributed by atoms with Gasteiger partial charge in [0.05, 0.1) is 11.4 Å². The molecule has 0 fully saturated rings. The van der Waals surface area contributed by atoms with Crippen LogP contribution < -0.4 is 10.6 Å². The molecule has 0 saturated carbocycles. The molecule has 2 rings (SSSR count). The van der Waals surface area contributed by atoms with Gasteiger partial charge in [0.15, 0.2) is 0 Å². The van der Waals surface area contributed by atoms with Crippen molar-refractivity contribution in [3.8, 4) is 0 Å². The lowest BCUT2D eigenvalue weighted by Gasteiger charge is -2.20. The number of anilines is 2. The zero-order valence-corrected chi connectivity index (χ0v) is 10.1. The van der Waals surface area contributed by atoms with Crippen LogP contribution in [0.1, 0.15) is 0 Å². The summed E-state index contributed by atoms with van der Waals surface area (Å²) in [4.78, 5) is 12.9. The number of nitrogens with two attached hydrogens (primary N) is 1. The molecule has 0 aliphatic carbocycles. The first-order chi connectivity index (χ1) is 8.79. The Morgan fingerprint density at radius 3 is 1.44 bits per heavy atom. The maximum atomic E-state index is 11.4. The molecule has 3 heteroatoms. The minimum Gasteiger partial charge on any atom is -0.351 e. The van der Waals surface area contributed by atoms with Crippen LogP contribution in [-0.4, -0.2) is 6.03 Å². The van der Waals surface area contributed by atoms with Crippen molar-refractivity contribution in [1.29, 1.82) is 0 Å². The molecule has 2 N–H and O–H groups in total. The fraction of sp³-hybridized carbons (Fsp3) is 0. The summed E-state index contributed by atoms with van der Waals surface area (Å²) in [7, 11) is 0. The number of benzene rings is 2. The van der Waals surface area contributed by atoms with E-state index in [2.05, 4.69) is 13.2 Å². The van der Waals surface area contributed by atoms with E-state index in [4.69, 9.17) is 5.73 Å². The number of rotatable bonds is 2. The molecule has 0 radical (unpaired) electrons. The Morgan fingerprint density at radius 2 is 1.17 bits per heavy atom. The van der Waals surface area contributed by atoms with Crippen molar-refractivity contribution < 1.29 is 4.79 Å². The van der Waals surface area contributed by atoms with Crippen molar-refractivity contribution in [3.05, 3.63) is 73.8 Å². The number of nitrogens with zero attached hydrogens (tertiary/aromatic N) is 1. The molecule has 0 aliphatic rings. The Morgan fingerprint density at radius 1 is 0.833 bits per heavy atom. The van der Waals surface area contributed by atoms with Gasteiger partial charge in [-0.1, -0.05) is 36.4 Å². The fourth-order valence-electron chi connectivity index (χ4n) is 1.56. The van der Waals surface area contributed by atoms with Crippen LogP contribution in [0.5, 0.6) is 0 Å². The normalized spacial score (nSPS) is 8.89. The molecule has 0 atom stereocenters. The number of hydrogen-bond acceptors (Lipinski definition) is 1. The summed E-state index contributed by atoms with van der Waals surface area (Å²) in [5, 5.41) is 0. The highest BCUT2D eigenvalue weighted by atomic mass is 16.2. The molecule has 0 unspecified atom stereocenters. The van der Waals surface area contributed by atoms with Gasteiger partial charge >= 0.3 is 6.03 Å². The van der Waals surface area contributed by atoms with Gasteiger partial charge in [0, 0.05) is 0 Å². The van der Waals surface area contributed by atoms with Gasteiger partial charge in [0.2, 0.25) is 0 Å². The van der Waals surface area contributed by atoms with Crippen LogP contribution in [0.4, 0.5) is 16.2 Å². The number of para-hydroxylation sites is 2. The minimum absolute atomic E-state index is 0.489. The van der Waals surface area contributed by atoms with Crippen molar-refractivity contribution in [1.82, 2.24) is 0 Å². The summed E-state index contributed by atoms with van der Waals surface area (Å²) >= 11 is 0. The van der Waals surface area contributed by atoms with E-state index in [1.165, 1.54) is 4.90 Å². The monoisotopic (exact) mass is 240 g/mol. The first-order valence-electron chi connectivity index (χ1n) is 5.48. The van der Waals surface area contributed by atoms with E-state index < -0.39 is 6.03 Å². The lowest BCUT2D eigenvalue weighted by Crippen LogP contribution is -2.31. The number of carbonyl (C=O) groups excluding carboxylic acids is 1. The SMILES string of the molecule is C=C.NC(=O)N(c1ccccc1)c1ccccc1. The smallest absolute Gasteiger partial charge is 0.323 e. The predicted octanol–water partition coefficient (Wildman–Crippen LogP) is 3.71. The van der Waals surface area contributed by atoms with E-state index in [0.717, 1.165) is 11.4 Å². The second-order valence-corrected chi connectivity index (χ2v) is 3.34. The number of carbonyl (C=O) groups is 1. The quantitative estimate of drug-likeness (QED) is 0.799. The number of urea groups is 1. The highest BCUT2D eigenvalue weighted by molar-refractivity contribution is 5.98. The second kappa shape index (κ2) is 6.91. The second-order valence-electron chi connectivity index (χ2n) is 3.34. The number of hydrogen-bond donors (Lipinski definition) is 1. The third-order valence-electron chi connectivity index (χ3n) is 2.25. The average Bonchev–Trinajstić information content (AvgIpc) is 2.43. The molecule has 3 nitrogen and oxygen atoms in total. The molecular weight excluding hydrogens is 224 g/mol. The fourth-order valence-corrected chi connectivity index (χ4v) is 1.56. The van der Waals surface area contributed by atoms with Crippen LogP contribution in [0.3, 0.4) is 0 Å². The summed E-state index contributed by atoms with van der Waals surface area (Å²) in [6, 6.07) is 18.2. The maximum absolute atomic E-state index is 11.4. The molecule has 0 bridgehead atoms. The van der Waals surface area contributed by atoms with Crippen molar-refractivity contribution in [2.45, 2.75) is 0 Å². The molecule has 0 heterocycles. The minimum atomic E-state index is -0.489. The van der Waals surface area contributed by atoms with Crippen LogP contribution in [0, 0.1) is 0 Å². The largest absolute Gasteiger partial charge is 0.351 e. The number of primary amides is 1. The molecule has 18 heavy (non-hydrogen) atoms. The molecule has 2 amide bonds. The maximum Gasteiger partial charge on any atom is 0.323 e. The van der Waals surface area contributed by atoms with Gasteiger partial charge in [-0.05, 0) is 24.3 Å². The first kappa shape index (κ1) is 13.5. The van der Waals surface area contributed by atoms with Gasteiger partial charge in [-0.15, -0.1) is 13.2 Å². The molecule has 0 aliphatic heterocycles. The van der Waals surface area contributed by atoms with E-state index in [0.29, 0.717) is 0 Å². The summed E-state index contributed by atoms with van der Waals surface area (Å²) in [5.41, 5.74) is 6.92. The van der Waals surface area contributed by atoms with E-state index >= 15 is 0 Å². The van der Waals surface area contributed by atoms with Crippen molar-refractivity contribution >= 4 is 17.4 Å². The summed E-state index contributed by atoms with van der Waals surface area (Å²) < 4.78 is 0. The van der Waals surface area contributed by atoms with E-state index in [1.807, 2.05) is 60.7 Å². The van der Waals surface area contributed by atoms with Gasteiger partial charge in [0.25, 0.3) is 0 Å². The van der Waals surface area contributed by atoms with E-state index in [9.17, 15) is 4.79 Å². The molecular formula is C15H16N2O. The lowest BCUT2D eigenvalue weighted by molar-refractivity contribution is 0.256. The van der Waals surface area contributed by atoms with E-state index in [-0.39, 0.29) is 0 Å². The Bertz CT molecular complexity index is 443. The van der Waals surface area contributed by atoms with Crippen LogP contribution in [0.25, 0.3) is 0 Å². The van der Waals surface area contributed by atoms with Crippen LogP contribution in [0.2, 0.25) is 0 Å². The molecule has 2 aromatic carbocycles. The molecule has 92 valence electrons.